The van der Waals surface area contributed by atoms with Gasteiger partial charge in [-0.25, -0.2) is 0 Å². The summed E-state index contributed by atoms with van der Waals surface area (Å²) in [5, 5.41) is 16.5. The Morgan fingerprint density at radius 3 is 2.50 bits per heavy atom. The summed E-state index contributed by atoms with van der Waals surface area (Å²) in [4.78, 5) is 0. The summed E-state index contributed by atoms with van der Waals surface area (Å²) in [7, 11) is 0. The first-order valence-electron chi connectivity index (χ1n) is 8.67. The lowest BCUT2D eigenvalue weighted by atomic mass is 9.98. The van der Waals surface area contributed by atoms with Gasteiger partial charge in [-0.2, -0.15) is 0 Å². The number of halogens is 2. The highest BCUT2D eigenvalue weighted by atomic mass is 79.9. The van der Waals surface area contributed by atoms with E-state index < -0.39 is 0 Å². The van der Waals surface area contributed by atoms with Crippen molar-refractivity contribution in [3.63, 3.8) is 0 Å². The predicted molar refractivity (Wildman–Crippen MR) is 107 cm³/mol. The predicted octanol–water partition coefficient (Wildman–Crippen LogP) is 4.54. The molecule has 0 amide bonds. The molecule has 2 aliphatic heterocycles. The number of nitrogens with one attached hydrogen (secondary N) is 2. The Bertz CT molecular complexity index is 640. The first-order chi connectivity index (χ1) is 11.6. The van der Waals surface area contributed by atoms with Crippen LogP contribution >= 0.6 is 31.9 Å². The molecule has 1 atom stereocenters. The first-order valence-corrected chi connectivity index (χ1v) is 10.3. The highest BCUT2D eigenvalue weighted by molar-refractivity contribution is 9.12. The molecule has 0 bridgehead atoms. The van der Waals surface area contributed by atoms with E-state index in [1.807, 2.05) is 12.3 Å². The number of piperidine rings is 1. The minimum absolute atomic E-state index is 0.333. The Hall–Kier alpha value is -0.780. The van der Waals surface area contributed by atoms with E-state index in [4.69, 9.17) is 0 Å². The topological polar surface area (TPSA) is 44.3 Å². The first kappa shape index (κ1) is 18.0. The Kier molecular flexibility index (Phi) is 6.42. The van der Waals surface area contributed by atoms with E-state index in [0.29, 0.717) is 11.8 Å². The third kappa shape index (κ3) is 4.44. The molecule has 0 saturated carbocycles. The second-order valence-corrected chi connectivity index (χ2v) is 8.23. The molecule has 5 heteroatoms. The van der Waals surface area contributed by atoms with Gasteiger partial charge in [0.2, 0.25) is 0 Å². The van der Waals surface area contributed by atoms with Crippen molar-refractivity contribution in [1.29, 1.82) is 0 Å². The van der Waals surface area contributed by atoms with Crippen LogP contribution in [0.15, 0.2) is 38.9 Å². The van der Waals surface area contributed by atoms with Gasteiger partial charge in [0.05, 0.1) is 10.5 Å². The molecule has 0 spiro atoms. The lowest BCUT2D eigenvalue weighted by molar-refractivity contribution is 0.470. The molecule has 2 heterocycles. The van der Waals surface area contributed by atoms with Gasteiger partial charge in [-0.15, -0.1) is 0 Å². The van der Waals surface area contributed by atoms with Crippen LogP contribution in [0.5, 0.6) is 5.75 Å². The van der Waals surface area contributed by atoms with Gasteiger partial charge in [-0.3, -0.25) is 0 Å². The van der Waals surface area contributed by atoms with E-state index in [1.54, 1.807) is 6.07 Å². The molecule has 24 heavy (non-hydrogen) atoms. The van der Waals surface area contributed by atoms with E-state index in [0.717, 1.165) is 28.2 Å². The van der Waals surface area contributed by atoms with Crippen LogP contribution in [0.2, 0.25) is 0 Å². The van der Waals surface area contributed by atoms with Crippen LogP contribution in [0, 0.1) is 0 Å². The number of dihydropyridines is 1. The van der Waals surface area contributed by atoms with Gasteiger partial charge in [0.25, 0.3) is 0 Å². The molecular formula is C19H24Br2N2O. The zero-order valence-electron chi connectivity index (χ0n) is 13.7. The van der Waals surface area contributed by atoms with Crippen LogP contribution in [0.25, 0.3) is 0 Å². The average molecular weight is 456 g/mol. The molecule has 3 aliphatic rings. The second-order valence-electron chi connectivity index (χ2n) is 6.52. The zero-order chi connectivity index (χ0) is 16.9. The molecule has 4 rings (SSSR count). The van der Waals surface area contributed by atoms with Crippen LogP contribution in [0.4, 0.5) is 0 Å². The number of phenolic OH excluding ortho intramolecular Hbond substituents is 1. The maximum atomic E-state index is 9.77. The van der Waals surface area contributed by atoms with E-state index in [2.05, 4.69) is 48.6 Å². The molecule has 0 aromatic heterocycles. The van der Waals surface area contributed by atoms with Crippen molar-refractivity contribution in [2.24, 2.45) is 0 Å². The summed E-state index contributed by atoms with van der Waals surface area (Å²) in [6.45, 7) is 2.50. The lowest BCUT2D eigenvalue weighted by Gasteiger charge is -2.22. The summed E-state index contributed by atoms with van der Waals surface area (Å²) in [5.74, 6) is 0.333. The highest BCUT2D eigenvalue weighted by Gasteiger charge is 2.24. The number of benzene rings is 1. The summed E-state index contributed by atoms with van der Waals surface area (Å²) in [5.41, 5.74) is 3.97. The van der Waals surface area contributed by atoms with E-state index >= 15 is 0 Å². The minimum atomic E-state index is 0.333. The van der Waals surface area contributed by atoms with Crippen LogP contribution in [-0.2, 0) is 12.8 Å². The van der Waals surface area contributed by atoms with Crippen LogP contribution in [0.3, 0.4) is 0 Å². The fourth-order valence-corrected chi connectivity index (χ4v) is 4.46. The monoisotopic (exact) mass is 454 g/mol. The third-order valence-corrected chi connectivity index (χ3v) is 6.15. The quantitative estimate of drug-likeness (QED) is 0.538. The van der Waals surface area contributed by atoms with Crippen molar-refractivity contribution in [2.75, 3.05) is 13.1 Å². The van der Waals surface area contributed by atoms with Gasteiger partial charge in [0.15, 0.2) is 0 Å². The number of fused-ring (bicyclic) bond motifs is 2. The van der Waals surface area contributed by atoms with Crippen LogP contribution in [-0.4, -0.2) is 24.2 Å². The summed E-state index contributed by atoms with van der Waals surface area (Å²) >= 11 is 7.01. The number of hydrogen-bond donors (Lipinski definition) is 3. The molecular weight excluding hydrogens is 432 g/mol. The van der Waals surface area contributed by atoms with Gasteiger partial charge in [-0.05, 0) is 106 Å². The normalized spacial score (nSPS) is 22.5. The van der Waals surface area contributed by atoms with Crippen LogP contribution < -0.4 is 10.6 Å². The van der Waals surface area contributed by atoms with E-state index in [-0.39, 0.29) is 0 Å². The van der Waals surface area contributed by atoms with E-state index in [1.165, 1.54) is 49.1 Å². The number of phenols is 1. The van der Waals surface area contributed by atoms with Gasteiger partial charge in [-0.1, -0.05) is 12.5 Å². The number of allylic oxidation sites excluding steroid dienone is 2. The maximum absolute atomic E-state index is 9.77. The van der Waals surface area contributed by atoms with Gasteiger partial charge < -0.3 is 15.7 Å². The largest absolute Gasteiger partial charge is 0.507 e. The van der Waals surface area contributed by atoms with Gasteiger partial charge in [0, 0.05) is 10.7 Å². The molecule has 3 N–H and O–H groups in total. The molecule has 1 unspecified atom stereocenters. The molecule has 130 valence electrons. The molecule has 3 nitrogen and oxygen atoms in total. The Labute approximate surface area is 160 Å². The standard InChI is InChI=1S/C14H13Br2NO.C5H11N/c15-10-5-9-1-3-11-8(6-12(9)17-7-10)2-4-13(18)14(11)16;1-2-4-6-5-3-1/h2,4-5,7,12,17-18H,1,3,6H2;6H,1-5H2. The molecule has 1 aliphatic carbocycles. The minimum Gasteiger partial charge on any atom is -0.507 e. The zero-order valence-corrected chi connectivity index (χ0v) is 16.9. The van der Waals surface area contributed by atoms with E-state index in [9.17, 15) is 5.11 Å². The van der Waals surface area contributed by atoms with Crippen LogP contribution in [0.1, 0.15) is 36.8 Å². The third-order valence-electron chi connectivity index (χ3n) is 4.81. The molecule has 1 saturated heterocycles. The molecule has 1 fully saturated rings. The van der Waals surface area contributed by atoms with Crippen molar-refractivity contribution in [3.8, 4) is 5.75 Å². The summed E-state index contributed by atoms with van der Waals surface area (Å²) in [6.07, 6.45) is 11.4. The number of aromatic hydroxyl groups is 1. The van der Waals surface area contributed by atoms with Gasteiger partial charge >= 0.3 is 0 Å². The Morgan fingerprint density at radius 1 is 1.04 bits per heavy atom. The van der Waals surface area contributed by atoms with Crippen molar-refractivity contribution in [3.05, 3.63) is 50.1 Å². The second kappa shape index (κ2) is 8.54. The lowest BCUT2D eigenvalue weighted by Crippen LogP contribution is -2.30. The summed E-state index contributed by atoms with van der Waals surface area (Å²) in [6, 6.07) is 4.18. The van der Waals surface area contributed by atoms with Gasteiger partial charge in [0.1, 0.15) is 5.75 Å². The SMILES string of the molecule is C1CCNCC1.Oc1ccc2c(c1Br)CCC1=CC(Br)=CNC1C2. The van der Waals surface area contributed by atoms with Crippen molar-refractivity contribution in [1.82, 2.24) is 10.6 Å². The molecule has 1 aromatic rings. The van der Waals surface area contributed by atoms with Crippen molar-refractivity contribution in [2.45, 2.75) is 44.6 Å². The number of hydrogen-bond acceptors (Lipinski definition) is 3. The van der Waals surface area contributed by atoms with Crippen molar-refractivity contribution >= 4 is 31.9 Å². The van der Waals surface area contributed by atoms with Crippen molar-refractivity contribution < 1.29 is 5.11 Å². The summed E-state index contributed by atoms with van der Waals surface area (Å²) < 4.78 is 1.95. The fourth-order valence-electron chi connectivity index (χ4n) is 3.44. The molecule has 0 radical (unpaired) electrons. The fraction of sp³-hybridized carbons (Fsp3) is 0.474. The maximum Gasteiger partial charge on any atom is 0.130 e. The Balaban J connectivity index is 0.000000238. The number of rotatable bonds is 0. The highest BCUT2D eigenvalue weighted by Crippen LogP contribution is 2.36. The Morgan fingerprint density at radius 2 is 1.83 bits per heavy atom. The smallest absolute Gasteiger partial charge is 0.130 e. The average Bonchev–Trinajstić information content (AvgIpc) is 2.80. The molecule has 1 aromatic carbocycles.